The highest BCUT2D eigenvalue weighted by atomic mass is 19.1. The number of aliphatic carboxylic acids is 1. The van der Waals surface area contributed by atoms with E-state index in [1.165, 1.54) is 12.1 Å². The Hall–Kier alpha value is -2.31. The van der Waals surface area contributed by atoms with E-state index >= 15 is 0 Å². The lowest BCUT2D eigenvalue weighted by molar-refractivity contribution is -0.142. The highest BCUT2D eigenvalue weighted by Gasteiger charge is 2.31. The molecule has 2 atom stereocenters. The number of nitrogens with zero attached hydrogens (tertiary/aromatic N) is 3. The molecule has 0 aliphatic heterocycles. The molecular weight excluding hydrogens is 275 g/mol. The summed E-state index contributed by atoms with van der Waals surface area (Å²) in [5.74, 6) is -1.97. The van der Waals surface area contributed by atoms with Gasteiger partial charge in [0.05, 0.1) is 5.92 Å². The second kappa shape index (κ2) is 6.92. The number of rotatable bonds is 7. The number of carboxylic acid groups (broad SMARTS) is 1. The van der Waals surface area contributed by atoms with Crippen LogP contribution in [0.3, 0.4) is 0 Å². The van der Waals surface area contributed by atoms with E-state index < -0.39 is 17.8 Å². The molecule has 1 aromatic carbocycles. The molecule has 112 valence electrons. The fourth-order valence-electron chi connectivity index (χ4n) is 2.47. The minimum atomic E-state index is -0.900. The first-order valence-electron chi connectivity index (χ1n) is 6.82. The molecule has 2 rings (SSSR count). The third-order valence-corrected chi connectivity index (χ3v) is 3.44. The summed E-state index contributed by atoms with van der Waals surface area (Å²) in [7, 11) is 0. The van der Waals surface area contributed by atoms with Gasteiger partial charge in [-0.25, -0.2) is 4.39 Å². The number of carboxylic acids is 1. The number of benzene rings is 1. The van der Waals surface area contributed by atoms with Crippen LogP contribution in [-0.2, 0) is 11.2 Å². The Balaban J connectivity index is 2.30. The number of hydrogen-bond acceptors (Lipinski definition) is 4. The highest BCUT2D eigenvalue weighted by Crippen LogP contribution is 2.29. The van der Waals surface area contributed by atoms with Crippen LogP contribution in [0, 0.1) is 11.7 Å². The lowest BCUT2D eigenvalue weighted by atomic mass is 9.83. The summed E-state index contributed by atoms with van der Waals surface area (Å²) in [4.78, 5) is 11.5. The summed E-state index contributed by atoms with van der Waals surface area (Å²) in [5.41, 5.74) is 0.715. The molecule has 0 amide bonds. The van der Waals surface area contributed by atoms with E-state index in [2.05, 4.69) is 20.6 Å². The third-order valence-electron chi connectivity index (χ3n) is 3.44. The molecule has 0 saturated heterocycles. The molecule has 1 heterocycles. The van der Waals surface area contributed by atoms with Gasteiger partial charge in [-0.05, 0) is 30.5 Å². The van der Waals surface area contributed by atoms with Crippen LogP contribution in [0.15, 0.2) is 24.3 Å². The molecule has 0 saturated carbocycles. The summed E-state index contributed by atoms with van der Waals surface area (Å²) >= 11 is 0. The zero-order valence-electron chi connectivity index (χ0n) is 11.7. The summed E-state index contributed by atoms with van der Waals surface area (Å²) in [6.45, 7) is 1.92. The molecule has 0 bridgehead atoms. The monoisotopic (exact) mass is 292 g/mol. The normalized spacial score (nSPS) is 13.8. The van der Waals surface area contributed by atoms with Crippen molar-refractivity contribution in [3.63, 3.8) is 0 Å². The molecule has 0 radical (unpaired) electrons. The molecular formula is C14H17FN4O2. The van der Waals surface area contributed by atoms with Crippen LogP contribution in [0.5, 0.6) is 0 Å². The number of halogens is 1. The molecule has 0 aliphatic carbocycles. The summed E-state index contributed by atoms with van der Waals surface area (Å²) in [6, 6.07) is 6.13. The Labute approximate surface area is 121 Å². The van der Waals surface area contributed by atoms with Crippen LogP contribution in [-0.4, -0.2) is 31.7 Å². The van der Waals surface area contributed by atoms with E-state index in [0.29, 0.717) is 24.2 Å². The first kappa shape index (κ1) is 15.1. The molecule has 0 aliphatic rings. The van der Waals surface area contributed by atoms with Gasteiger partial charge in [-0.2, -0.15) is 5.21 Å². The number of nitrogens with one attached hydrogen (secondary N) is 1. The van der Waals surface area contributed by atoms with Gasteiger partial charge in [0.25, 0.3) is 0 Å². The number of H-pyrrole nitrogens is 1. The lowest BCUT2D eigenvalue weighted by Gasteiger charge is -2.21. The van der Waals surface area contributed by atoms with E-state index in [0.717, 1.165) is 6.42 Å². The van der Waals surface area contributed by atoms with Crippen LogP contribution in [0.4, 0.5) is 4.39 Å². The number of hydrogen-bond donors (Lipinski definition) is 2. The Morgan fingerprint density at radius 2 is 2.29 bits per heavy atom. The Bertz CT molecular complexity index is 588. The zero-order chi connectivity index (χ0) is 15.2. The number of aromatic amines is 1. The van der Waals surface area contributed by atoms with Crippen LogP contribution in [0.1, 0.15) is 37.1 Å². The van der Waals surface area contributed by atoms with E-state index in [1.807, 2.05) is 6.92 Å². The lowest BCUT2D eigenvalue weighted by Crippen LogP contribution is -2.25. The second-order valence-corrected chi connectivity index (χ2v) is 4.94. The molecule has 7 heteroatoms. The van der Waals surface area contributed by atoms with E-state index in [4.69, 9.17) is 0 Å². The highest BCUT2D eigenvalue weighted by molar-refractivity contribution is 5.71. The van der Waals surface area contributed by atoms with Gasteiger partial charge in [0.15, 0.2) is 5.82 Å². The van der Waals surface area contributed by atoms with Gasteiger partial charge >= 0.3 is 5.97 Å². The minimum absolute atomic E-state index is 0.346. The second-order valence-electron chi connectivity index (χ2n) is 4.94. The summed E-state index contributed by atoms with van der Waals surface area (Å²) < 4.78 is 13.3. The zero-order valence-corrected chi connectivity index (χ0v) is 11.7. The van der Waals surface area contributed by atoms with Crippen LogP contribution in [0.25, 0.3) is 0 Å². The third kappa shape index (κ3) is 3.84. The van der Waals surface area contributed by atoms with Crippen molar-refractivity contribution < 1.29 is 14.3 Å². The van der Waals surface area contributed by atoms with Crippen molar-refractivity contribution in [3.8, 4) is 0 Å². The van der Waals surface area contributed by atoms with Crippen molar-refractivity contribution in [3.05, 3.63) is 41.5 Å². The van der Waals surface area contributed by atoms with Crippen LogP contribution < -0.4 is 0 Å². The van der Waals surface area contributed by atoms with Gasteiger partial charge in [0.1, 0.15) is 5.82 Å². The predicted molar refractivity (Wildman–Crippen MR) is 73.1 cm³/mol. The Morgan fingerprint density at radius 1 is 1.48 bits per heavy atom. The molecule has 2 aromatic rings. The predicted octanol–water partition coefficient (Wildman–Crippen LogP) is 2.17. The van der Waals surface area contributed by atoms with Crippen molar-refractivity contribution in [1.82, 2.24) is 20.6 Å². The molecule has 0 unspecified atom stereocenters. The maximum absolute atomic E-state index is 13.3. The quantitative estimate of drug-likeness (QED) is 0.816. The smallest absolute Gasteiger partial charge is 0.307 e. The first-order chi connectivity index (χ1) is 10.1. The van der Waals surface area contributed by atoms with Gasteiger partial charge < -0.3 is 5.11 Å². The summed E-state index contributed by atoms with van der Waals surface area (Å²) in [5, 5.41) is 23.1. The van der Waals surface area contributed by atoms with Crippen molar-refractivity contribution >= 4 is 5.97 Å². The average Bonchev–Trinajstić information content (AvgIpc) is 2.96. The van der Waals surface area contributed by atoms with Gasteiger partial charge in [-0.1, -0.05) is 30.7 Å². The summed E-state index contributed by atoms with van der Waals surface area (Å²) in [6.07, 6.45) is 1.59. The van der Waals surface area contributed by atoms with Crippen molar-refractivity contribution in [2.24, 2.45) is 5.92 Å². The maximum atomic E-state index is 13.3. The topological polar surface area (TPSA) is 91.8 Å². The van der Waals surface area contributed by atoms with Crippen molar-refractivity contribution in [2.75, 3.05) is 0 Å². The fourth-order valence-corrected chi connectivity index (χ4v) is 2.47. The molecule has 1 aromatic heterocycles. The van der Waals surface area contributed by atoms with E-state index in [1.54, 1.807) is 12.1 Å². The number of aromatic nitrogens is 4. The molecule has 0 spiro atoms. The molecule has 21 heavy (non-hydrogen) atoms. The standard InChI is InChI=1S/C14H17FN4O2/c1-2-4-11(14(20)21)12(13-16-18-19-17-13)8-9-5-3-6-10(15)7-9/h3,5-7,11-12H,2,4,8H2,1H3,(H,20,21)(H,16,17,18,19)/t11-,12-/m0/s1. The Kier molecular flexibility index (Phi) is 4.97. The minimum Gasteiger partial charge on any atom is -0.481 e. The maximum Gasteiger partial charge on any atom is 0.307 e. The van der Waals surface area contributed by atoms with Crippen LogP contribution in [0.2, 0.25) is 0 Å². The fraction of sp³-hybridized carbons (Fsp3) is 0.429. The van der Waals surface area contributed by atoms with Gasteiger partial charge in [-0.3, -0.25) is 4.79 Å². The van der Waals surface area contributed by atoms with E-state index in [9.17, 15) is 14.3 Å². The van der Waals surface area contributed by atoms with Gasteiger partial charge in [-0.15, -0.1) is 10.2 Å². The SMILES string of the molecule is CCC[C@H](C(=O)O)[C@H](Cc1cccc(F)c1)c1nn[nH]n1. The Morgan fingerprint density at radius 3 is 2.86 bits per heavy atom. The molecule has 2 N–H and O–H groups in total. The van der Waals surface area contributed by atoms with Crippen molar-refractivity contribution in [2.45, 2.75) is 32.1 Å². The average molecular weight is 292 g/mol. The van der Waals surface area contributed by atoms with Gasteiger partial charge in [0, 0.05) is 5.92 Å². The number of tetrazole rings is 1. The number of carbonyl (C=O) groups is 1. The molecule has 6 nitrogen and oxygen atoms in total. The van der Waals surface area contributed by atoms with Gasteiger partial charge in [0.2, 0.25) is 0 Å². The van der Waals surface area contributed by atoms with Crippen molar-refractivity contribution in [1.29, 1.82) is 0 Å². The van der Waals surface area contributed by atoms with E-state index in [-0.39, 0.29) is 5.82 Å². The largest absolute Gasteiger partial charge is 0.481 e. The van der Waals surface area contributed by atoms with Crippen LogP contribution >= 0.6 is 0 Å². The first-order valence-corrected chi connectivity index (χ1v) is 6.82. The molecule has 0 fully saturated rings.